The first-order valence-corrected chi connectivity index (χ1v) is 5.83. The molecule has 7 nitrogen and oxygen atoms in total. The molecule has 2 aromatic rings. The van der Waals surface area contributed by atoms with Gasteiger partial charge in [-0.1, -0.05) is 12.1 Å². The number of nitro groups is 1. The molecule has 0 amide bonds. The summed E-state index contributed by atoms with van der Waals surface area (Å²) in [6.07, 6.45) is 1.25. The zero-order chi connectivity index (χ0) is 15.4. The Morgan fingerprint density at radius 1 is 1.24 bits per heavy atom. The normalized spacial score (nSPS) is 10.7. The molecule has 0 aliphatic rings. The molecule has 0 saturated carbocycles. The number of carbonyl (C=O) groups is 1. The Balaban J connectivity index is 2.46. The molecule has 0 aliphatic heterocycles. The van der Waals surface area contributed by atoms with E-state index in [9.17, 15) is 20.0 Å². The summed E-state index contributed by atoms with van der Waals surface area (Å²) in [6.45, 7) is 0. The van der Waals surface area contributed by atoms with Crippen LogP contribution in [0.4, 0.5) is 11.4 Å². The number of phenolic OH excluding ortho intramolecular Hbond substituents is 1. The van der Waals surface area contributed by atoms with Crippen molar-refractivity contribution in [1.29, 1.82) is 0 Å². The van der Waals surface area contributed by atoms with E-state index in [0.29, 0.717) is 5.56 Å². The zero-order valence-corrected chi connectivity index (χ0v) is 10.6. The minimum atomic E-state index is -1.24. The van der Waals surface area contributed by atoms with Crippen molar-refractivity contribution in [3.8, 4) is 5.75 Å². The third kappa shape index (κ3) is 3.21. The maximum atomic E-state index is 11.1. The molecule has 0 atom stereocenters. The second-order valence-corrected chi connectivity index (χ2v) is 4.08. The average molecular weight is 286 g/mol. The fraction of sp³-hybridized carbons (Fsp3) is 0. The Morgan fingerprint density at radius 2 is 1.95 bits per heavy atom. The monoisotopic (exact) mass is 286 g/mol. The number of aliphatic imine (C=N–C) groups is 1. The molecule has 0 aromatic heterocycles. The molecule has 0 saturated heterocycles. The van der Waals surface area contributed by atoms with Gasteiger partial charge in [-0.05, 0) is 18.2 Å². The standard InChI is InChI=1S/C14H10N2O5/c17-13-4-2-1-3-9(13)8-15-12-7-10(16(20)21)5-6-11(12)14(18)19/h1-8,17H,(H,18,19). The van der Waals surface area contributed by atoms with E-state index in [-0.39, 0.29) is 22.7 Å². The van der Waals surface area contributed by atoms with Gasteiger partial charge in [0.05, 0.1) is 16.2 Å². The van der Waals surface area contributed by atoms with Crippen LogP contribution in [0.2, 0.25) is 0 Å². The first kappa shape index (κ1) is 14.2. The highest BCUT2D eigenvalue weighted by Gasteiger charge is 2.14. The Morgan fingerprint density at radius 3 is 2.57 bits per heavy atom. The summed E-state index contributed by atoms with van der Waals surface area (Å²) >= 11 is 0. The van der Waals surface area contributed by atoms with E-state index in [1.165, 1.54) is 12.3 Å². The summed E-state index contributed by atoms with van der Waals surface area (Å²) in [5, 5.41) is 29.4. The average Bonchev–Trinajstić information content (AvgIpc) is 2.46. The smallest absolute Gasteiger partial charge is 0.337 e. The van der Waals surface area contributed by atoms with Crippen LogP contribution >= 0.6 is 0 Å². The van der Waals surface area contributed by atoms with Crippen LogP contribution in [0, 0.1) is 10.1 Å². The van der Waals surface area contributed by atoms with Gasteiger partial charge in [-0.3, -0.25) is 15.1 Å². The SMILES string of the molecule is O=C(O)c1ccc([N+](=O)[O-])cc1N=Cc1ccccc1O. The molecular weight excluding hydrogens is 276 g/mol. The van der Waals surface area contributed by atoms with Crippen molar-refractivity contribution in [2.75, 3.05) is 0 Å². The number of para-hydroxylation sites is 1. The number of nitrogens with zero attached hydrogens (tertiary/aromatic N) is 2. The number of rotatable bonds is 4. The number of phenols is 1. The number of hydrogen-bond acceptors (Lipinski definition) is 5. The largest absolute Gasteiger partial charge is 0.507 e. The van der Waals surface area contributed by atoms with Crippen LogP contribution in [0.25, 0.3) is 0 Å². The molecule has 0 fully saturated rings. The number of carboxylic acid groups (broad SMARTS) is 1. The van der Waals surface area contributed by atoms with Gasteiger partial charge in [0, 0.05) is 23.9 Å². The summed E-state index contributed by atoms with van der Waals surface area (Å²) in [7, 11) is 0. The van der Waals surface area contributed by atoms with E-state index < -0.39 is 10.9 Å². The third-order valence-electron chi connectivity index (χ3n) is 2.70. The first-order chi connectivity index (χ1) is 9.99. The van der Waals surface area contributed by atoms with Crippen molar-refractivity contribution in [2.24, 2.45) is 4.99 Å². The van der Waals surface area contributed by atoms with Crippen molar-refractivity contribution in [1.82, 2.24) is 0 Å². The van der Waals surface area contributed by atoms with Crippen LogP contribution in [0.5, 0.6) is 5.75 Å². The molecular formula is C14H10N2O5. The van der Waals surface area contributed by atoms with Gasteiger partial charge in [-0.25, -0.2) is 4.79 Å². The van der Waals surface area contributed by atoms with E-state index in [4.69, 9.17) is 5.11 Å². The second-order valence-electron chi connectivity index (χ2n) is 4.08. The number of aromatic carboxylic acids is 1. The van der Waals surface area contributed by atoms with Crippen molar-refractivity contribution >= 4 is 23.6 Å². The van der Waals surface area contributed by atoms with E-state index in [2.05, 4.69) is 4.99 Å². The molecule has 2 N–H and O–H groups in total. The summed E-state index contributed by atoms with van der Waals surface area (Å²) < 4.78 is 0. The number of aromatic hydroxyl groups is 1. The van der Waals surface area contributed by atoms with Crippen LogP contribution in [0.1, 0.15) is 15.9 Å². The lowest BCUT2D eigenvalue weighted by molar-refractivity contribution is -0.384. The Bertz CT molecular complexity index is 740. The number of nitro benzene ring substituents is 1. The zero-order valence-electron chi connectivity index (χ0n) is 10.6. The summed E-state index contributed by atoms with van der Waals surface area (Å²) in [6, 6.07) is 9.62. The van der Waals surface area contributed by atoms with Gasteiger partial charge in [-0.15, -0.1) is 0 Å². The van der Waals surface area contributed by atoms with Gasteiger partial charge in [0.2, 0.25) is 0 Å². The summed E-state index contributed by atoms with van der Waals surface area (Å²) in [4.78, 5) is 25.1. The molecule has 0 bridgehead atoms. The van der Waals surface area contributed by atoms with E-state index in [0.717, 1.165) is 18.2 Å². The lowest BCUT2D eigenvalue weighted by Gasteiger charge is -2.01. The van der Waals surface area contributed by atoms with Gasteiger partial charge in [0.1, 0.15) is 5.75 Å². The number of hydrogen-bond donors (Lipinski definition) is 2. The molecule has 0 unspecified atom stereocenters. The quantitative estimate of drug-likeness (QED) is 0.509. The van der Waals surface area contributed by atoms with Crippen molar-refractivity contribution in [3.63, 3.8) is 0 Å². The van der Waals surface area contributed by atoms with Crippen molar-refractivity contribution < 1.29 is 19.9 Å². The molecule has 106 valence electrons. The van der Waals surface area contributed by atoms with Crippen LogP contribution in [-0.2, 0) is 0 Å². The van der Waals surface area contributed by atoms with E-state index in [1.54, 1.807) is 18.2 Å². The van der Waals surface area contributed by atoms with Crippen LogP contribution in [0.3, 0.4) is 0 Å². The predicted octanol–water partition coefficient (Wildman–Crippen LogP) is 2.75. The lowest BCUT2D eigenvalue weighted by Crippen LogP contribution is -1.98. The Hall–Kier alpha value is -3.22. The highest BCUT2D eigenvalue weighted by Crippen LogP contribution is 2.26. The molecule has 2 rings (SSSR count). The van der Waals surface area contributed by atoms with E-state index in [1.807, 2.05) is 0 Å². The highest BCUT2D eigenvalue weighted by molar-refractivity contribution is 5.96. The molecule has 7 heteroatoms. The van der Waals surface area contributed by atoms with Crippen molar-refractivity contribution in [2.45, 2.75) is 0 Å². The van der Waals surface area contributed by atoms with Gasteiger partial charge >= 0.3 is 5.97 Å². The van der Waals surface area contributed by atoms with Gasteiger partial charge in [-0.2, -0.15) is 0 Å². The van der Waals surface area contributed by atoms with Crippen LogP contribution < -0.4 is 0 Å². The molecule has 0 aliphatic carbocycles. The fourth-order valence-electron chi connectivity index (χ4n) is 1.66. The third-order valence-corrected chi connectivity index (χ3v) is 2.70. The van der Waals surface area contributed by atoms with Gasteiger partial charge in [0.25, 0.3) is 5.69 Å². The topological polar surface area (TPSA) is 113 Å². The van der Waals surface area contributed by atoms with Gasteiger partial charge < -0.3 is 10.2 Å². The molecule has 21 heavy (non-hydrogen) atoms. The maximum absolute atomic E-state index is 11.1. The van der Waals surface area contributed by atoms with Crippen LogP contribution in [0.15, 0.2) is 47.5 Å². The minimum Gasteiger partial charge on any atom is -0.507 e. The number of non-ortho nitro benzene ring substituents is 1. The Kier molecular flexibility index (Phi) is 3.94. The van der Waals surface area contributed by atoms with Crippen LogP contribution in [-0.4, -0.2) is 27.3 Å². The fourth-order valence-corrected chi connectivity index (χ4v) is 1.66. The number of carboxylic acids is 1. The summed E-state index contributed by atoms with van der Waals surface area (Å²) in [5.74, 6) is -1.27. The molecule has 0 heterocycles. The van der Waals surface area contributed by atoms with E-state index >= 15 is 0 Å². The number of benzene rings is 2. The highest BCUT2D eigenvalue weighted by atomic mass is 16.6. The van der Waals surface area contributed by atoms with Gasteiger partial charge in [0.15, 0.2) is 0 Å². The minimum absolute atomic E-state index is 0.0245. The molecule has 2 aromatic carbocycles. The molecule has 0 radical (unpaired) electrons. The summed E-state index contributed by atoms with van der Waals surface area (Å²) in [5.41, 5.74) is -0.1000. The van der Waals surface area contributed by atoms with Crippen molar-refractivity contribution in [3.05, 3.63) is 63.7 Å². The second kappa shape index (κ2) is 5.83. The predicted molar refractivity (Wildman–Crippen MR) is 75.4 cm³/mol. The first-order valence-electron chi connectivity index (χ1n) is 5.83. The Labute approximate surface area is 119 Å². The lowest BCUT2D eigenvalue weighted by atomic mass is 10.1. The molecule has 0 spiro atoms. The maximum Gasteiger partial charge on any atom is 0.337 e.